The Labute approximate surface area is 157 Å². The highest BCUT2D eigenvalue weighted by atomic mass is 32.2. The van der Waals surface area contributed by atoms with E-state index < -0.39 is 0 Å². The molecule has 1 N–H and O–H groups in total. The Morgan fingerprint density at radius 2 is 2.00 bits per heavy atom. The fourth-order valence-corrected chi connectivity index (χ4v) is 3.82. The van der Waals surface area contributed by atoms with Crippen molar-refractivity contribution in [3.05, 3.63) is 41.5 Å². The van der Waals surface area contributed by atoms with E-state index in [-0.39, 0.29) is 29.4 Å². The first kappa shape index (κ1) is 18.9. The van der Waals surface area contributed by atoms with Gasteiger partial charge in [-0.3, -0.25) is 4.79 Å². The maximum Gasteiger partial charge on any atom is 0.230 e. The van der Waals surface area contributed by atoms with Crippen LogP contribution in [0.15, 0.2) is 29.4 Å². The summed E-state index contributed by atoms with van der Waals surface area (Å²) in [7, 11) is 0. The van der Waals surface area contributed by atoms with E-state index in [2.05, 4.69) is 27.0 Å². The summed E-state index contributed by atoms with van der Waals surface area (Å²) in [5.74, 6) is 1.74. The number of carbonyl (C=O) groups is 1. The maximum atomic E-state index is 13.2. The van der Waals surface area contributed by atoms with Crippen LogP contribution >= 0.6 is 11.8 Å². The van der Waals surface area contributed by atoms with Gasteiger partial charge in [0.25, 0.3) is 0 Å². The van der Waals surface area contributed by atoms with Gasteiger partial charge in [0.1, 0.15) is 11.6 Å². The summed E-state index contributed by atoms with van der Waals surface area (Å²) in [5, 5.41) is 12.4. The number of thioether (sulfide) groups is 1. The molecule has 0 bridgehead atoms. The molecule has 1 aromatic carbocycles. The lowest BCUT2D eigenvalue weighted by Crippen LogP contribution is -2.33. The van der Waals surface area contributed by atoms with Gasteiger partial charge < -0.3 is 9.88 Å². The Bertz CT molecular complexity index is 755. The largest absolute Gasteiger partial charge is 0.348 e. The number of carbonyl (C=O) groups excluding carboxylic acids is 1. The molecule has 3 rings (SSSR count). The van der Waals surface area contributed by atoms with Crippen LogP contribution in [-0.4, -0.2) is 26.4 Å². The van der Waals surface area contributed by atoms with Crippen LogP contribution in [0.2, 0.25) is 0 Å². The van der Waals surface area contributed by atoms with E-state index in [1.807, 2.05) is 13.8 Å². The zero-order valence-corrected chi connectivity index (χ0v) is 16.2. The molecule has 1 aromatic heterocycles. The molecule has 5 nitrogen and oxygen atoms in total. The fraction of sp³-hybridized carbons (Fsp3) is 0.526. The number of nitrogens with one attached hydrogen (secondary N) is 1. The van der Waals surface area contributed by atoms with Gasteiger partial charge in [0.15, 0.2) is 5.16 Å². The highest BCUT2D eigenvalue weighted by Gasteiger charge is 2.30. The predicted molar refractivity (Wildman–Crippen MR) is 101 cm³/mol. The maximum absolute atomic E-state index is 13.2. The molecule has 0 radical (unpaired) electrons. The molecule has 1 amide bonds. The van der Waals surface area contributed by atoms with Crippen LogP contribution in [0, 0.1) is 11.7 Å². The monoisotopic (exact) mass is 376 g/mol. The van der Waals surface area contributed by atoms with Gasteiger partial charge in [-0.05, 0) is 43.4 Å². The second-order valence-corrected chi connectivity index (χ2v) is 7.93. The number of halogens is 1. The standard InChI is InChI=1S/C19H25FN4OS/c1-4-24-18(14-5-6-14)22-23-19(24)26-11-16(25)21-17(12(2)3)13-7-9-15(20)10-8-13/h7-10,12,14,17H,4-6,11H2,1-3H3,(H,21,25). The lowest BCUT2D eigenvalue weighted by molar-refractivity contribution is -0.119. The van der Waals surface area contributed by atoms with Gasteiger partial charge in [0, 0.05) is 12.5 Å². The SMILES string of the molecule is CCn1c(SCC(=O)NC(c2ccc(F)cc2)C(C)C)nnc1C1CC1. The van der Waals surface area contributed by atoms with E-state index >= 15 is 0 Å². The minimum atomic E-state index is -0.275. The molecule has 1 fully saturated rings. The first-order valence-corrected chi connectivity index (χ1v) is 10.1. The molecule has 0 aliphatic heterocycles. The summed E-state index contributed by atoms with van der Waals surface area (Å²) in [6.07, 6.45) is 2.36. The van der Waals surface area contributed by atoms with Crippen molar-refractivity contribution in [1.82, 2.24) is 20.1 Å². The van der Waals surface area contributed by atoms with Crippen LogP contribution in [0.5, 0.6) is 0 Å². The Morgan fingerprint density at radius 3 is 2.58 bits per heavy atom. The van der Waals surface area contributed by atoms with Gasteiger partial charge in [-0.2, -0.15) is 0 Å². The third-order valence-electron chi connectivity index (χ3n) is 4.55. The lowest BCUT2D eigenvalue weighted by Gasteiger charge is -2.23. The zero-order valence-electron chi connectivity index (χ0n) is 15.4. The molecule has 140 valence electrons. The van der Waals surface area contributed by atoms with Crippen LogP contribution in [0.3, 0.4) is 0 Å². The quantitative estimate of drug-likeness (QED) is 0.710. The third-order valence-corrected chi connectivity index (χ3v) is 5.52. The highest BCUT2D eigenvalue weighted by Crippen LogP contribution is 2.40. The normalized spacial score (nSPS) is 15.3. The first-order valence-electron chi connectivity index (χ1n) is 9.10. The van der Waals surface area contributed by atoms with Crippen LogP contribution < -0.4 is 5.32 Å². The summed E-state index contributed by atoms with van der Waals surface area (Å²) < 4.78 is 15.3. The molecule has 7 heteroatoms. The summed E-state index contributed by atoms with van der Waals surface area (Å²) in [6, 6.07) is 6.16. The molecule has 1 atom stereocenters. The fourth-order valence-electron chi connectivity index (χ4n) is 3.00. The summed E-state index contributed by atoms with van der Waals surface area (Å²) in [5.41, 5.74) is 0.910. The molecule has 1 heterocycles. The smallest absolute Gasteiger partial charge is 0.230 e. The number of benzene rings is 1. The average Bonchev–Trinajstić information content (AvgIpc) is 3.38. The number of rotatable bonds is 8. The molecular weight excluding hydrogens is 351 g/mol. The van der Waals surface area contributed by atoms with Gasteiger partial charge in [0.05, 0.1) is 11.8 Å². The Kier molecular flexibility index (Phi) is 5.96. The number of aromatic nitrogens is 3. The molecule has 0 saturated heterocycles. The van der Waals surface area contributed by atoms with Crippen molar-refractivity contribution in [1.29, 1.82) is 0 Å². The molecule has 1 saturated carbocycles. The van der Waals surface area contributed by atoms with Crippen molar-refractivity contribution >= 4 is 17.7 Å². The molecule has 0 spiro atoms. The lowest BCUT2D eigenvalue weighted by atomic mass is 9.96. The van der Waals surface area contributed by atoms with Gasteiger partial charge in [-0.1, -0.05) is 37.7 Å². The third kappa shape index (κ3) is 4.44. The number of hydrogen-bond donors (Lipinski definition) is 1. The summed E-state index contributed by atoms with van der Waals surface area (Å²) >= 11 is 1.41. The molecule has 1 aliphatic carbocycles. The highest BCUT2D eigenvalue weighted by molar-refractivity contribution is 7.99. The van der Waals surface area contributed by atoms with E-state index in [4.69, 9.17) is 0 Å². The minimum absolute atomic E-state index is 0.0587. The van der Waals surface area contributed by atoms with E-state index in [0.29, 0.717) is 5.92 Å². The second-order valence-electron chi connectivity index (χ2n) is 6.99. The van der Waals surface area contributed by atoms with E-state index in [1.54, 1.807) is 12.1 Å². The summed E-state index contributed by atoms with van der Waals surface area (Å²) in [4.78, 5) is 12.5. The predicted octanol–water partition coefficient (Wildman–Crippen LogP) is 3.92. The molecule has 1 aliphatic rings. The van der Waals surface area contributed by atoms with E-state index in [9.17, 15) is 9.18 Å². The summed E-state index contributed by atoms with van der Waals surface area (Å²) in [6.45, 7) is 6.96. The van der Waals surface area contributed by atoms with E-state index in [0.717, 1.165) is 23.1 Å². The van der Waals surface area contributed by atoms with Crippen molar-refractivity contribution in [2.24, 2.45) is 5.92 Å². The Hall–Kier alpha value is -1.89. The zero-order chi connectivity index (χ0) is 18.7. The Morgan fingerprint density at radius 1 is 1.31 bits per heavy atom. The van der Waals surface area contributed by atoms with Gasteiger partial charge in [-0.25, -0.2) is 4.39 Å². The number of hydrogen-bond acceptors (Lipinski definition) is 4. The van der Waals surface area contributed by atoms with Crippen LogP contribution in [0.4, 0.5) is 4.39 Å². The average molecular weight is 377 g/mol. The van der Waals surface area contributed by atoms with Crippen molar-refractivity contribution in [2.75, 3.05) is 5.75 Å². The molecule has 26 heavy (non-hydrogen) atoms. The van der Waals surface area contributed by atoms with Crippen molar-refractivity contribution < 1.29 is 9.18 Å². The number of nitrogens with zero attached hydrogens (tertiary/aromatic N) is 3. The van der Waals surface area contributed by atoms with Crippen molar-refractivity contribution in [2.45, 2.75) is 57.3 Å². The van der Waals surface area contributed by atoms with Crippen LogP contribution in [0.1, 0.15) is 57.0 Å². The Balaban J connectivity index is 1.61. The van der Waals surface area contributed by atoms with Gasteiger partial charge in [0.2, 0.25) is 5.91 Å². The van der Waals surface area contributed by atoms with Crippen molar-refractivity contribution in [3.8, 4) is 0 Å². The molecule has 2 aromatic rings. The van der Waals surface area contributed by atoms with Crippen LogP contribution in [-0.2, 0) is 11.3 Å². The molecule has 1 unspecified atom stereocenters. The first-order chi connectivity index (χ1) is 12.5. The second kappa shape index (κ2) is 8.20. The van der Waals surface area contributed by atoms with E-state index in [1.165, 1.54) is 36.7 Å². The van der Waals surface area contributed by atoms with Gasteiger partial charge in [-0.15, -0.1) is 10.2 Å². The minimum Gasteiger partial charge on any atom is -0.348 e. The number of amides is 1. The van der Waals surface area contributed by atoms with Gasteiger partial charge >= 0.3 is 0 Å². The topological polar surface area (TPSA) is 59.8 Å². The molecular formula is C19H25FN4OS. The van der Waals surface area contributed by atoms with Crippen LogP contribution in [0.25, 0.3) is 0 Å². The van der Waals surface area contributed by atoms with Crippen molar-refractivity contribution in [3.63, 3.8) is 0 Å².